The van der Waals surface area contributed by atoms with Crippen molar-refractivity contribution in [3.63, 3.8) is 0 Å². The van der Waals surface area contributed by atoms with Gasteiger partial charge >= 0.3 is 8.80 Å². The third-order valence-corrected chi connectivity index (χ3v) is 5.79. The van der Waals surface area contributed by atoms with Gasteiger partial charge in [0.05, 0.1) is 6.61 Å². The van der Waals surface area contributed by atoms with E-state index in [2.05, 4.69) is 13.5 Å². The summed E-state index contributed by atoms with van der Waals surface area (Å²) >= 11 is 0. The molecule has 100 valence electrons. The van der Waals surface area contributed by atoms with Gasteiger partial charge in [0.15, 0.2) is 0 Å². The molecule has 0 saturated carbocycles. The van der Waals surface area contributed by atoms with Crippen molar-refractivity contribution in [1.29, 1.82) is 0 Å². The van der Waals surface area contributed by atoms with Crippen molar-refractivity contribution in [3.05, 3.63) is 42.0 Å². The van der Waals surface area contributed by atoms with E-state index in [9.17, 15) is 0 Å². The molecular weight excluding hydrogens is 244 g/mol. The minimum Gasteiger partial charge on any atom is -0.377 e. The van der Waals surface area contributed by atoms with Crippen LogP contribution in [0.5, 0.6) is 0 Å². The summed E-state index contributed by atoms with van der Waals surface area (Å²) < 4.78 is 16.8. The van der Waals surface area contributed by atoms with E-state index in [-0.39, 0.29) is 0 Å². The van der Waals surface area contributed by atoms with Gasteiger partial charge in [-0.25, -0.2) is 0 Å². The highest BCUT2D eigenvalue weighted by molar-refractivity contribution is 6.60. The van der Waals surface area contributed by atoms with E-state index in [1.807, 2.05) is 30.3 Å². The van der Waals surface area contributed by atoms with Crippen LogP contribution < -0.4 is 0 Å². The summed E-state index contributed by atoms with van der Waals surface area (Å²) in [5.74, 6) is 0. The first-order chi connectivity index (χ1) is 8.69. The summed E-state index contributed by atoms with van der Waals surface area (Å²) in [6.07, 6.45) is 2.81. The predicted molar refractivity (Wildman–Crippen MR) is 76.2 cm³/mol. The van der Waals surface area contributed by atoms with E-state index in [1.165, 1.54) is 0 Å². The topological polar surface area (TPSA) is 27.7 Å². The van der Waals surface area contributed by atoms with Gasteiger partial charge in [0, 0.05) is 20.3 Å². The summed E-state index contributed by atoms with van der Waals surface area (Å²) in [4.78, 5) is 0. The van der Waals surface area contributed by atoms with Crippen molar-refractivity contribution >= 4 is 14.9 Å². The zero-order valence-corrected chi connectivity index (χ0v) is 12.4. The van der Waals surface area contributed by atoms with Gasteiger partial charge in [-0.1, -0.05) is 50.3 Å². The average Bonchev–Trinajstić information content (AvgIpc) is 2.44. The molecule has 0 saturated heterocycles. The molecule has 0 aliphatic heterocycles. The molecule has 0 aliphatic rings. The van der Waals surface area contributed by atoms with Crippen molar-refractivity contribution < 1.29 is 13.3 Å². The van der Waals surface area contributed by atoms with E-state index in [1.54, 1.807) is 14.2 Å². The first-order valence-electron chi connectivity index (χ1n) is 6.15. The lowest BCUT2D eigenvalue weighted by Crippen LogP contribution is -2.43. The number of rotatable bonds is 8. The third kappa shape index (κ3) is 4.06. The molecule has 0 aliphatic carbocycles. The van der Waals surface area contributed by atoms with E-state index in [4.69, 9.17) is 13.3 Å². The maximum atomic E-state index is 5.90. The third-order valence-electron chi connectivity index (χ3n) is 2.85. The SMILES string of the molecule is C=Cc1ccc(CO[Si](CCC)(OC)OC)cc1. The molecule has 0 amide bonds. The molecule has 1 rings (SSSR count). The van der Waals surface area contributed by atoms with Crippen LogP contribution in [0.15, 0.2) is 30.8 Å². The zero-order chi connectivity index (χ0) is 13.4. The highest BCUT2D eigenvalue weighted by atomic mass is 28.4. The van der Waals surface area contributed by atoms with Crippen LogP contribution >= 0.6 is 0 Å². The van der Waals surface area contributed by atoms with Gasteiger partial charge in [-0.3, -0.25) is 0 Å². The van der Waals surface area contributed by atoms with Crippen LogP contribution in [0.3, 0.4) is 0 Å². The Morgan fingerprint density at radius 2 is 1.78 bits per heavy atom. The smallest absolute Gasteiger partial charge is 0.377 e. The van der Waals surface area contributed by atoms with E-state index >= 15 is 0 Å². The maximum Gasteiger partial charge on any atom is 0.500 e. The van der Waals surface area contributed by atoms with Gasteiger partial charge in [0.25, 0.3) is 0 Å². The van der Waals surface area contributed by atoms with Gasteiger partial charge in [-0.05, 0) is 11.1 Å². The van der Waals surface area contributed by atoms with Crippen LogP contribution in [0.1, 0.15) is 24.5 Å². The molecule has 0 aromatic heterocycles. The lowest BCUT2D eigenvalue weighted by Gasteiger charge is -2.26. The molecule has 0 radical (unpaired) electrons. The Hall–Kier alpha value is -0.943. The first kappa shape index (κ1) is 15.1. The Balaban J connectivity index is 2.63. The molecule has 0 unspecified atom stereocenters. The predicted octanol–water partition coefficient (Wildman–Crippen LogP) is 3.49. The summed E-state index contributed by atoms with van der Waals surface area (Å²) in [6, 6.07) is 8.95. The average molecular weight is 266 g/mol. The molecule has 1 aromatic carbocycles. The van der Waals surface area contributed by atoms with Gasteiger partial charge in [0.1, 0.15) is 0 Å². The first-order valence-corrected chi connectivity index (χ1v) is 8.08. The summed E-state index contributed by atoms with van der Waals surface area (Å²) in [6.45, 7) is 6.35. The lowest BCUT2D eigenvalue weighted by atomic mass is 10.1. The van der Waals surface area contributed by atoms with Gasteiger partial charge in [0.2, 0.25) is 0 Å². The summed E-state index contributed by atoms with van der Waals surface area (Å²) in [5, 5.41) is 0. The van der Waals surface area contributed by atoms with E-state index in [0.717, 1.165) is 23.6 Å². The zero-order valence-electron chi connectivity index (χ0n) is 11.4. The van der Waals surface area contributed by atoms with Crippen LogP contribution in [-0.2, 0) is 19.9 Å². The molecule has 0 fully saturated rings. The number of benzene rings is 1. The van der Waals surface area contributed by atoms with Crippen molar-refractivity contribution in [1.82, 2.24) is 0 Å². The highest BCUT2D eigenvalue weighted by Gasteiger charge is 2.37. The molecule has 0 spiro atoms. The highest BCUT2D eigenvalue weighted by Crippen LogP contribution is 2.18. The minimum absolute atomic E-state index is 0.519. The molecule has 0 N–H and O–H groups in total. The quantitative estimate of drug-likeness (QED) is 0.674. The molecule has 4 heteroatoms. The second-order valence-corrected chi connectivity index (χ2v) is 7.05. The number of hydrogen-bond donors (Lipinski definition) is 0. The molecule has 0 heterocycles. The number of hydrogen-bond acceptors (Lipinski definition) is 3. The molecule has 3 nitrogen and oxygen atoms in total. The van der Waals surface area contributed by atoms with Crippen LogP contribution in [0.25, 0.3) is 6.08 Å². The minimum atomic E-state index is -2.47. The fourth-order valence-corrected chi connectivity index (χ4v) is 3.68. The second-order valence-electron chi connectivity index (χ2n) is 4.08. The maximum absolute atomic E-state index is 5.90. The second kappa shape index (κ2) is 7.48. The van der Waals surface area contributed by atoms with Crippen LogP contribution in [0, 0.1) is 0 Å². The van der Waals surface area contributed by atoms with Crippen molar-refractivity contribution in [2.24, 2.45) is 0 Å². The Morgan fingerprint density at radius 3 is 2.22 bits per heavy atom. The van der Waals surface area contributed by atoms with E-state index in [0.29, 0.717) is 6.61 Å². The van der Waals surface area contributed by atoms with Gasteiger partial charge in [-0.2, -0.15) is 0 Å². The summed E-state index contributed by atoms with van der Waals surface area (Å²) in [7, 11) is 0.850. The Bertz CT molecular complexity index is 358. The monoisotopic (exact) mass is 266 g/mol. The lowest BCUT2D eigenvalue weighted by molar-refractivity contribution is 0.0911. The van der Waals surface area contributed by atoms with Gasteiger partial charge < -0.3 is 13.3 Å². The molecular formula is C14H22O3Si. The van der Waals surface area contributed by atoms with Crippen LogP contribution in [0.2, 0.25) is 6.04 Å². The molecule has 1 aromatic rings. The fraction of sp³-hybridized carbons (Fsp3) is 0.429. The van der Waals surface area contributed by atoms with Crippen molar-refractivity contribution in [2.75, 3.05) is 14.2 Å². The fourth-order valence-electron chi connectivity index (χ4n) is 1.73. The van der Waals surface area contributed by atoms with Crippen molar-refractivity contribution in [2.45, 2.75) is 26.0 Å². The van der Waals surface area contributed by atoms with Crippen LogP contribution in [-0.4, -0.2) is 23.0 Å². The Labute approximate surface area is 111 Å². The Morgan fingerprint density at radius 1 is 1.17 bits per heavy atom. The van der Waals surface area contributed by atoms with Crippen LogP contribution in [0.4, 0.5) is 0 Å². The molecule has 18 heavy (non-hydrogen) atoms. The Kier molecular flexibility index (Phi) is 6.28. The normalized spacial score (nSPS) is 11.5. The molecule has 0 atom stereocenters. The standard InChI is InChI=1S/C14H22O3Si/c1-5-11-18(15-3,16-4)17-12-14-9-7-13(6-2)8-10-14/h6-10H,2,5,11-12H2,1,3-4H3. The largest absolute Gasteiger partial charge is 0.500 e. The molecule has 0 bridgehead atoms. The van der Waals surface area contributed by atoms with E-state index < -0.39 is 8.80 Å². The van der Waals surface area contributed by atoms with Gasteiger partial charge in [-0.15, -0.1) is 0 Å². The summed E-state index contributed by atoms with van der Waals surface area (Å²) in [5.41, 5.74) is 2.22. The van der Waals surface area contributed by atoms with Crippen molar-refractivity contribution in [3.8, 4) is 0 Å².